The summed E-state index contributed by atoms with van der Waals surface area (Å²) in [6.07, 6.45) is 0. The van der Waals surface area contributed by atoms with Crippen molar-refractivity contribution in [3.8, 4) is 23.3 Å². The third-order valence-corrected chi connectivity index (χ3v) is 7.24. The molecule has 198 valence electrons. The maximum absolute atomic E-state index is 13.6. The molecule has 0 fully saturated rings. The molecule has 4 rings (SSSR count). The highest BCUT2D eigenvalue weighted by Crippen LogP contribution is 2.43. The molecular weight excluding hydrogens is 514 g/mol. The fraction of sp³-hybridized carbons (Fsp3) is 0.167. The zero-order chi connectivity index (χ0) is 27.9. The Morgan fingerprint density at radius 3 is 2.41 bits per heavy atom. The average Bonchev–Trinajstić information content (AvgIpc) is 2.96. The predicted octanol–water partition coefficient (Wildman–Crippen LogP) is 5.36. The lowest BCUT2D eigenvalue weighted by molar-refractivity contribution is -0.113. The number of methoxy groups -OCH3 is 2. The topological polar surface area (TPSA) is 121 Å². The standard InChI is InChI=1S/C30H27N3O5S/c1-18-27(29(36)33-21-7-5-4-6-8-21)28(20-11-14-24(34)26(15-20)38-3)23(16-31)30(32-18)39-17-25(35)19-9-12-22(37-2)13-10-19/h4-15,28,32,34H,17H2,1-3H3,(H,33,36)/t28-/m1/s1. The Hall–Kier alpha value is -4.68. The van der Waals surface area contributed by atoms with Crippen molar-refractivity contribution >= 4 is 29.1 Å². The minimum atomic E-state index is -0.770. The van der Waals surface area contributed by atoms with Crippen LogP contribution < -0.4 is 20.1 Å². The van der Waals surface area contributed by atoms with Crippen LogP contribution in [0.15, 0.2) is 94.7 Å². The highest BCUT2D eigenvalue weighted by atomic mass is 32.2. The number of hydrogen-bond acceptors (Lipinski definition) is 8. The van der Waals surface area contributed by atoms with Gasteiger partial charge in [0.1, 0.15) is 5.75 Å². The number of para-hydroxylation sites is 1. The number of rotatable bonds is 9. The molecule has 3 aromatic rings. The monoisotopic (exact) mass is 541 g/mol. The number of allylic oxidation sites excluding steroid dienone is 2. The molecule has 3 N–H and O–H groups in total. The second-order valence-electron chi connectivity index (χ2n) is 8.64. The molecule has 0 saturated carbocycles. The van der Waals surface area contributed by atoms with E-state index < -0.39 is 5.92 Å². The van der Waals surface area contributed by atoms with E-state index in [1.807, 2.05) is 18.2 Å². The molecule has 1 aliphatic heterocycles. The zero-order valence-corrected chi connectivity index (χ0v) is 22.5. The molecular formula is C30H27N3O5S. The Morgan fingerprint density at radius 2 is 1.77 bits per heavy atom. The summed E-state index contributed by atoms with van der Waals surface area (Å²) in [5.41, 5.74) is 2.87. The quantitative estimate of drug-likeness (QED) is 0.310. The number of ether oxygens (including phenoxy) is 2. The molecule has 8 nitrogen and oxygen atoms in total. The Bertz CT molecular complexity index is 1490. The van der Waals surface area contributed by atoms with Crippen LogP contribution in [-0.2, 0) is 4.79 Å². The number of hydrogen-bond donors (Lipinski definition) is 3. The molecule has 1 atom stereocenters. The number of nitrogens with one attached hydrogen (secondary N) is 2. The SMILES string of the molecule is COc1ccc(C(=O)CSC2=C(C#N)[C@@H](c3ccc(O)c(OC)c3)C(C(=O)Nc3ccccc3)=C(C)N2)cc1. The summed E-state index contributed by atoms with van der Waals surface area (Å²) in [6.45, 7) is 1.75. The zero-order valence-electron chi connectivity index (χ0n) is 21.6. The van der Waals surface area contributed by atoms with Crippen molar-refractivity contribution in [2.75, 3.05) is 25.3 Å². The predicted molar refractivity (Wildman–Crippen MR) is 151 cm³/mol. The number of ketones is 1. The largest absolute Gasteiger partial charge is 0.504 e. The van der Waals surface area contributed by atoms with Gasteiger partial charge < -0.3 is 25.2 Å². The fourth-order valence-electron chi connectivity index (χ4n) is 4.25. The van der Waals surface area contributed by atoms with Gasteiger partial charge in [0.15, 0.2) is 17.3 Å². The minimum absolute atomic E-state index is 0.0617. The van der Waals surface area contributed by atoms with Gasteiger partial charge in [0.05, 0.1) is 42.6 Å². The maximum Gasteiger partial charge on any atom is 0.254 e. The van der Waals surface area contributed by atoms with Crippen LogP contribution in [0, 0.1) is 11.3 Å². The number of nitriles is 1. The first kappa shape index (κ1) is 27.4. The van der Waals surface area contributed by atoms with E-state index >= 15 is 0 Å². The molecule has 1 aliphatic rings. The molecule has 9 heteroatoms. The van der Waals surface area contributed by atoms with E-state index in [9.17, 15) is 20.0 Å². The van der Waals surface area contributed by atoms with Gasteiger partial charge in [-0.2, -0.15) is 5.26 Å². The fourth-order valence-corrected chi connectivity index (χ4v) is 5.24. The van der Waals surface area contributed by atoms with Gasteiger partial charge in [-0.15, -0.1) is 0 Å². The van der Waals surface area contributed by atoms with Crippen molar-refractivity contribution < 1.29 is 24.2 Å². The third-order valence-electron chi connectivity index (χ3n) is 6.22. The minimum Gasteiger partial charge on any atom is -0.504 e. The van der Waals surface area contributed by atoms with Crippen LogP contribution in [0.1, 0.15) is 28.8 Å². The number of amides is 1. The normalized spacial score (nSPS) is 14.8. The first-order valence-electron chi connectivity index (χ1n) is 12.0. The summed E-state index contributed by atoms with van der Waals surface area (Å²) < 4.78 is 10.5. The molecule has 0 unspecified atom stereocenters. The molecule has 0 radical (unpaired) electrons. The van der Waals surface area contributed by atoms with Crippen LogP contribution in [0.5, 0.6) is 17.2 Å². The number of dihydropyridines is 1. The van der Waals surface area contributed by atoms with Crippen molar-refractivity contribution in [1.29, 1.82) is 5.26 Å². The van der Waals surface area contributed by atoms with E-state index in [1.54, 1.807) is 62.6 Å². The molecule has 0 bridgehead atoms. The second kappa shape index (κ2) is 12.2. The summed E-state index contributed by atoms with van der Waals surface area (Å²) in [5.74, 6) is -0.392. The number of Topliss-reactive ketones (excluding diaryl/α,β-unsaturated/α-hetero) is 1. The molecule has 0 spiro atoms. The Labute approximate surface area is 230 Å². The number of benzene rings is 3. The van der Waals surface area contributed by atoms with Crippen molar-refractivity contribution in [2.45, 2.75) is 12.8 Å². The van der Waals surface area contributed by atoms with Crippen LogP contribution in [0.3, 0.4) is 0 Å². The number of carbonyl (C=O) groups is 2. The van der Waals surface area contributed by atoms with Crippen molar-refractivity contribution in [3.63, 3.8) is 0 Å². The Kier molecular flexibility index (Phi) is 8.59. The van der Waals surface area contributed by atoms with E-state index in [0.717, 1.165) is 0 Å². The smallest absolute Gasteiger partial charge is 0.254 e. The highest BCUT2D eigenvalue weighted by molar-refractivity contribution is 8.03. The van der Waals surface area contributed by atoms with Gasteiger partial charge >= 0.3 is 0 Å². The number of phenols is 1. The summed E-state index contributed by atoms with van der Waals surface area (Å²) in [5, 5.41) is 27.0. The van der Waals surface area contributed by atoms with Gasteiger partial charge in [-0.3, -0.25) is 9.59 Å². The van der Waals surface area contributed by atoms with Gasteiger partial charge in [0, 0.05) is 22.5 Å². The van der Waals surface area contributed by atoms with Crippen LogP contribution >= 0.6 is 11.8 Å². The second-order valence-corrected chi connectivity index (χ2v) is 9.63. The van der Waals surface area contributed by atoms with E-state index in [2.05, 4.69) is 16.7 Å². The van der Waals surface area contributed by atoms with E-state index in [1.165, 1.54) is 24.9 Å². The van der Waals surface area contributed by atoms with E-state index in [4.69, 9.17) is 9.47 Å². The molecule has 1 heterocycles. The third kappa shape index (κ3) is 6.08. The first-order chi connectivity index (χ1) is 18.9. The van der Waals surface area contributed by atoms with Crippen LogP contribution in [0.25, 0.3) is 0 Å². The summed E-state index contributed by atoms with van der Waals surface area (Å²) in [6, 6.07) is 22.8. The Morgan fingerprint density at radius 1 is 1.05 bits per heavy atom. The number of carbonyl (C=O) groups excluding carboxylic acids is 2. The van der Waals surface area contributed by atoms with Crippen molar-refractivity contribution in [1.82, 2.24) is 5.32 Å². The van der Waals surface area contributed by atoms with Gasteiger partial charge in [0.25, 0.3) is 5.91 Å². The van der Waals surface area contributed by atoms with E-state index in [0.29, 0.717) is 38.9 Å². The molecule has 3 aromatic carbocycles. The summed E-state index contributed by atoms with van der Waals surface area (Å²) in [7, 11) is 2.99. The number of phenolic OH excluding ortho intramolecular Hbond substituents is 1. The van der Waals surface area contributed by atoms with Gasteiger partial charge in [-0.25, -0.2) is 0 Å². The highest BCUT2D eigenvalue weighted by Gasteiger charge is 2.35. The maximum atomic E-state index is 13.6. The Balaban J connectivity index is 1.70. The van der Waals surface area contributed by atoms with Gasteiger partial charge in [-0.1, -0.05) is 36.0 Å². The molecule has 0 aromatic heterocycles. The van der Waals surface area contributed by atoms with Crippen molar-refractivity contribution in [3.05, 3.63) is 106 Å². The number of anilines is 1. The molecule has 39 heavy (non-hydrogen) atoms. The lowest BCUT2D eigenvalue weighted by Crippen LogP contribution is -2.31. The molecule has 1 amide bonds. The summed E-state index contributed by atoms with van der Waals surface area (Å²) in [4.78, 5) is 26.5. The van der Waals surface area contributed by atoms with Crippen LogP contribution in [-0.4, -0.2) is 36.8 Å². The molecule has 0 saturated heterocycles. The average molecular weight is 542 g/mol. The lowest BCUT2D eigenvalue weighted by Gasteiger charge is -2.30. The molecule has 0 aliphatic carbocycles. The van der Waals surface area contributed by atoms with Gasteiger partial charge in [0.2, 0.25) is 0 Å². The summed E-state index contributed by atoms with van der Waals surface area (Å²) >= 11 is 1.19. The number of thioether (sulfide) groups is 1. The number of aromatic hydroxyl groups is 1. The van der Waals surface area contributed by atoms with E-state index in [-0.39, 0.29) is 34.5 Å². The van der Waals surface area contributed by atoms with Gasteiger partial charge in [-0.05, 0) is 61.0 Å². The van der Waals surface area contributed by atoms with Crippen molar-refractivity contribution in [2.24, 2.45) is 0 Å². The van der Waals surface area contributed by atoms with Crippen LogP contribution in [0.2, 0.25) is 0 Å². The number of nitrogens with zero attached hydrogens (tertiary/aromatic N) is 1. The lowest BCUT2D eigenvalue weighted by atomic mass is 9.82. The first-order valence-corrected chi connectivity index (χ1v) is 13.0. The van der Waals surface area contributed by atoms with Crippen LogP contribution in [0.4, 0.5) is 5.69 Å².